The molecule has 0 saturated carbocycles. The first kappa shape index (κ1) is 31.0. The molecule has 0 aromatic rings. The summed E-state index contributed by atoms with van der Waals surface area (Å²) in [6, 6.07) is 0. The van der Waals surface area contributed by atoms with Gasteiger partial charge in [-0.1, -0.05) is 0 Å². The van der Waals surface area contributed by atoms with Gasteiger partial charge in [-0.15, -0.1) is 0 Å². The van der Waals surface area contributed by atoms with E-state index in [-0.39, 0.29) is 81.0 Å². The Balaban J connectivity index is 0. The van der Waals surface area contributed by atoms with Crippen LogP contribution in [0.15, 0.2) is 0 Å². The van der Waals surface area contributed by atoms with Crippen LogP contribution in [0.5, 0.6) is 0 Å². The zero-order valence-electron chi connectivity index (χ0n) is 3.41. The predicted molar refractivity (Wildman–Crippen MR) is 19.6 cm³/mol. The molecular weight excluding hydrogens is 218 g/mol. The van der Waals surface area contributed by atoms with E-state index in [1.54, 1.807) is 0 Å². The predicted octanol–water partition coefficient (Wildman–Crippen LogP) is -4.99. The van der Waals surface area contributed by atoms with Gasteiger partial charge in [0.15, 0.2) is 17.4 Å². The smallest absolute Gasteiger partial charge is 0 e. The van der Waals surface area contributed by atoms with E-state index in [1.807, 2.05) is 0 Å². The molecule has 0 heterocycles. The molecule has 0 rings (SSSR count). The summed E-state index contributed by atoms with van der Waals surface area (Å²) in [5, 5.41) is 0. The summed E-state index contributed by atoms with van der Waals surface area (Å²) in [4.78, 5) is 0. The van der Waals surface area contributed by atoms with Gasteiger partial charge in [0.1, 0.15) is 0 Å². The van der Waals surface area contributed by atoms with Crippen LogP contribution in [0.4, 0.5) is 0 Å². The molecule has 0 aromatic carbocycles. The number of hydrogen-bond donors (Lipinski definition) is 0. The Morgan fingerprint density at radius 3 is 1.25 bits per heavy atom. The maximum atomic E-state index is 0. The molecule has 0 atom stereocenters. The van der Waals surface area contributed by atoms with Gasteiger partial charge in [-0.3, -0.25) is 0 Å². The molecule has 0 aliphatic heterocycles. The number of rotatable bonds is 0. The molecule has 0 unspecified atom stereocenters. The normalized spacial score (nSPS) is 0. The summed E-state index contributed by atoms with van der Waals surface area (Å²) < 4.78 is 0. The third-order valence-corrected chi connectivity index (χ3v) is 0. The molecule has 0 bridgehead atoms. The molecular formula is H6AlLiSnZn. The Morgan fingerprint density at radius 1 is 1.25 bits per heavy atom. The van der Waals surface area contributed by atoms with E-state index in [0.717, 1.165) is 0 Å². The molecule has 0 fully saturated rings. The van der Waals surface area contributed by atoms with E-state index >= 15 is 0 Å². The molecule has 0 aliphatic carbocycles. The van der Waals surface area contributed by atoms with E-state index in [0.29, 0.717) is 0 Å². The Hall–Kier alpha value is 2.55. The summed E-state index contributed by atoms with van der Waals surface area (Å²) in [6.07, 6.45) is 0. The van der Waals surface area contributed by atoms with E-state index < -0.39 is 0 Å². The second-order valence-corrected chi connectivity index (χ2v) is 0. The second-order valence-electron chi connectivity index (χ2n) is 0. The van der Waals surface area contributed by atoms with Crippen molar-refractivity contribution in [2.24, 2.45) is 0 Å². The molecule has 16 valence electrons. The van der Waals surface area contributed by atoms with Crippen molar-refractivity contribution in [1.29, 1.82) is 0 Å². The maximum absolute atomic E-state index is 0. The molecule has 0 amide bonds. The van der Waals surface area contributed by atoms with Crippen LogP contribution in [0.1, 0.15) is 1.43 Å². The van der Waals surface area contributed by atoms with Gasteiger partial charge in [0, 0.05) is 19.5 Å². The van der Waals surface area contributed by atoms with Crippen molar-refractivity contribution in [3.8, 4) is 0 Å². The van der Waals surface area contributed by atoms with Crippen LogP contribution >= 0.6 is 0 Å². The minimum absolute atomic E-state index is 0. The van der Waals surface area contributed by atoms with Crippen LogP contribution in [0.2, 0.25) is 0 Å². The molecule has 0 N–H and O–H groups in total. The summed E-state index contributed by atoms with van der Waals surface area (Å²) in [5.41, 5.74) is 0. The molecule has 4 heavy (non-hydrogen) atoms. The van der Waals surface area contributed by atoms with Crippen molar-refractivity contribution in [1.82, 2.24) is 0 Å². The van der Waals surface area contributed by atoms with E-state index in [9.17, 15) is 0 Å². The molecule has 0 nitrogen and oxygen atoms in total. The second kappa shape index (κ2) is 17.7. The van der Waals surface area contributed by atoms with Crippen molar-refractivity contribution in [2.45, 2.75) is 0 Å². The first-order chi connectivity index (χ1) is 0. The van der Waals surface area contributed by atoms with E-state index in [2.05, 4.69) is 0 Å². The molecule has 2 radical (unpaired) electrons. The van der Waals surface area contributed by atoms with Gasteiger partial charge in [-0.05, 0) is 0 Å². The van der Waals surface area contributed by atoms with Crippen LogP contribution in [-0.2, 0) is 19.5 Å². The van der Waals surface area contributed by atoms with Gasteiger partial charge in [-0.2, -0.15) is 0 Å². The monoisotopic (exact) mass is 224 g/mol. The fourth-order valence-electron chi connectivity index (χ4n) is 0. The largest absolute Gasteiger partial charge is 0 e. The van der Waals surface area contributed by atoms with Crippen LogP contribution in [0, 0.1) is 0 Å². The van der Waals surface area contributed by atoms with Gasteiger partial charge in [-0.25, -0.2) is 0 Å². The van der Waals surface area contributed by atoms with Crippen molar-refractivity contribution >= 4 is 41.3 Å². The third-order valence-electron chi connectivity index (χ3n) is 0. The van der Waals surface area contributed by atoms with Crippen LogP contribution in [-0.4, -0.2) is 41.3 Å². The average Bonchev–Trinajstić information content (AvgIpc) is 0. The summed E-state index contributed by atoms with van der Waals surface area (Å²) in [6.45, 7) is 0. The quantitative estimate of drug-likeness (QED) is 0.361. The average molecular weight is 224 g/mol. The van der Waals surface area contributed by atoms with Gasteiger partial charge in [0.05, 0.1) is 0 Å². The van der Waals surface area contributed by atoms with E-state index in [4.69, 9.17) is 0 Å². The Bertz CT molecular complexity index is 11.6. The van der Waals surface area contributed by atoms with Crippen molar-refractivity contribution in [2.75, 3.05) is 0 Å². The molecule has 4 heteroatoms. The summed E-state index contributed by atoms with van der Waals surface area (Å²) >= 11 is 0. The van der Waals surface area contributed by atoms with Crippen molar-refractivity contribution in [3.05, 3.63) is 0 Å². The van der Waals surface area contributed by atoms with Crippen molar-refractivity contribution < 1.29 is 39.8 Å². The van der Waals surface area contributed by atoms with Gasteiger partial charge < -0.3 is 1.43 Å². The SMILES string of the molecule is [AlH3].[H-].[Li+].[SnH2].[Zn]. The summed E-state index contributed by atoms with van der Waals surface area (Å²) in [7, 11) is 0. The van der Waals surface area contributed by atoms with Crippen LogP contribution in [0.3, 0.4) is 0 Å². The third kappa shape index (κ3) is 8.82. The minimum Gasteiger partial charge on any atom is 0 e. The van der Waals surface area contributed by atoms with Gasteiger partial charge in [0.2, 0.25) is 0 Å². The fraction of sp³-hybridized carbons (Fsp3) is 0. The van der Waals surface area contributed by atoms with Crippen LogP contribution in [0.25, 0.3) is 0 Å². The van der Waals surface area contributed by atoms with Crippen LogP contribution < -0.4 is 18.9 Å². The van der Waals surface area contributed by atoms with E-state index in [1.165, 1.54) is 0 Å². The Kier molecular flexibility index (Phi) is 137. The molecule has 0 saturated heterocycles. The zero-order chi connectivity index (χ0) is 0. The Morgan fingerprint density at radius 2 is 1.25 bits per heavy atom. The first-order valence-corrected chi connectivity index (χ1v) is 0. The maximum Gasteiger partial charge on any atom is 0 e. The first-order valence-electron chi connectivity index (χ1n) is 0. The molecule has 0 aromatic heterocycles. The van der Waals surface area contributed by atoms with Gasteiger partial charge in [0.25, 0.3) is 0 Å². The summed E-state index contributed by atoms with van der Waals surface area (Å²) in [5.74, 6) is 0. The minimum atomic E-state index is 0. The molecule has 0 spiro atoms. The molecule has 0 aliphatic rings. The zero-order valence-corrected chi connectivity index (χ0v) is 9.42. The topological polar surface area (TPSA) is 0 Å². The Labute approximate surface area is 80.0 Å². The van der Waals surface area contributed by atoms with Gasteiger partial charge >= 0.3 is 42.8 Å². The standard InChI is InChI=1S/Al.Li.Sn.Zn.6H/q;+1;;;;;;;;-1. The fourth-order valence-corrected chi connectivity index (χ4v) is 0. The number of hydrogen-bond acceptors (Lipinski definition) is 0. The van der Waals surface area contributed by atoms with Crippen molar-refractivity contribution in [3.63, 3.8) is 0 Å².